The molecule has 1 amide bonds. The molecule has 196 valence electrons. The van der Waals surface area contributed by atoms with Gasteiger partial charge in [0.1, 0.15) is 5.75 Å². The Hall–Kier alpha value is -2.12. The number of unbranched alkanes of at least 4 members (excludes halogenated alkanes) is 1. The average molecular weight is 516 g/mol. The van der Waals surface area contributed by atoms with Gasteiger partial charge in [-0.15, -0.1) is 0 Å². The van der Waals surface area contributed by atoms with E-state index in [9.17, 15) is 20.1 Å². The Labute approximate surface area is 218 Å². The van der Waals surface area contributed by atoms with Gasteiger partial charge in [-0.1, -0.05) is 41.9 Å². The van der Waals surface area contributed by atoms with E-state index in [0.717, 1.165) is 18.4 Å². The van der Waals surface area contributed by atoms with Crippen molar-refractivity contribution in [3.05, 3.63) is 58.6 Å². The van der Waals surface area contributed by atoms with E-state index in [1.165, 1.54) is 0 Å². The van der Waals surface area contributed by atoms with Crippen LogP contribution < -0.4 is 4.74 Å². The fourth-order valence-corrected chi connectivity index (χ4v) is 6.02. The number of aliphatic hydroxyl groups is 3. The summed E-state index contributed by atoms with van der Waals surface area (Å²) in [5.74, 6) is 0.828. The Morgan fingerprint density at radius 2 is 1.94 bits per heavy atom. The van der Waals surface area contributed by atoms with Crippen molar-refractivity contribution in [3.8, 4) is 11.5 Å². The number of aliphatic hydroxyl groups excluding tert-OH is 2. The molecule has 2 aromatic carbocycles. The second kappa shape index (κ2) is 12.0. The summed E-state index contributed by atoms with van der Waals surface area (Å²) >= 11 is 6.65. The SMILES string of the molecule is Cc1ccccc1Oc1c(Cl)cccc1[C@](O)(CCCCO)[C@@H]1CCCN(C(=O)[C@H]2CC[C@@H](O)C2)C1. The van der Waals surface area contributed by atoms with Crippen LogP contribution in [0.2, 0.25) is 5.02 Å². The van der Waals surface area contributed by atoms with Gasteiger partial charge in [0.25, 0.3) is 0 Å². The van der Waals surface area contributed by atoms with E-state index in [4.69, 9.17) is 16.3 Å². The van der Waals surface area contributed by atoms with Crippen LogP contribution in [-0.2, 0) is 10.4 Å². The minimum Gasteiger partial charge on any atom is -0.455 e. The maximum absolute atomic E-state index is 13.3. The Morgan fingerprint density at radius 3 is 2.67 bits per heavy atom. The van der Waals surface area contributed by atoms with Crippen molar-refractivity contribution < 1.29 is 24.9 Å². The van der Waals surface area contributed by atoms with Gasteiger partial charge in [0.2, 0.25) is 5.91 Å². The molecule has 36 heavy (non-hydrogen) atoms. The number of carbonyl (C=O) groups excluding carboxylic acids is 1. The zero-order valence-corrected chi connectivity index (χ0v) is 21.8. The van der Waals surface area contributed by atoms with Crippen LogP contribution >= 0.6 is 11.6 Å². The third kappa shape index (κ3) is 5.88. The molecule has 1 saturated heterocycles. The second-order valence-corrected chi connectivity index (χ2v) is 10.8. The molecule has 2 aliphatic rings. The number of ether oxygens (including phenoxy) is 1. The number of carbonyl (C=O) groups is 1. The van der Waals surface area contributed by atoms with Crippen LogP contribution in [0, 0.1) is 18.8 Å². The molecule has 7 heteroatoms. The Balaban J connectivity index is 1.66. The van der Waals surface area contributed by atoms with Crippen molar-refractivity contribution in [1.29, 1.82) is 0 Å². The van der Waals surface area contributed by atoms with Gasteiger partial charge in [-0.3, -0.25) is 4.79 Å². The molecule has 0 unspecified atom stereocenters. The summed E-state index contributed by atoms with van der Waals surface area (Å²) in [6.07, 6.45) is 4.69. The normalized spacial score (nSPS) is 23.9. The van der Waals surface area contributed by atoms with E-state index in [1.54, 1.807) is 6.07 Å². The van der Waals surface area contributed by atoms with Gasteiger partial charge in [-0.25, -0.2) is 0 Å². The van der Waals surface area contributed by atoms with Crippen LogP contribution in [0.15, 0.2) is 42.5 Å². The first-order valence-electron chi connectivity index (χ1n) is 13.2. The van der Waals surface area contributed by atoms with Crippen molar-refractivity contribution in [2.24, 2.45) is 11.8 Å². The maximum Gasteiger partial charge on any atom is 0.225 e. The summed E-state index contributed by atoms with van der Waals surface area (Å²) in [5, 5.41) is 32.2. The van der Waals surface area contributed by atoms with Gasteiger partial charge in [-0.2, -0.15) is 0 Å². The number of benzene rings is 2. The molecular weight excluding hydrogens is 478 g/mol. The van der Waals surface area contributed by atoms with Gasteiger partial charge < -0.3 is 25.0 Å². The number of nitrogens with zero attached hydrogens (tertiary/aromatic N) is 1. The number of aryl methyl sites for hydroxylation is 1. The smallest absolute Gasteiger partial charge is 0.225 e. The fraction of sp³-hybridized carbons (Fsp3) is 0.552. The zero-order chi connectivity index (χ0) is 25.7. The lowest BCUT2D eigenvalue weighted by molar-refractivity contribution is -0.141. The highest BCUT2D eigenvalue weighted by Crippen LogP contribution is 2.47. The van der Waals surface area contributed by atoms with E-state index in [1.807, 2.05) is 48.2 Å². The lowest BCUT2D eigenvalue weighted by atomic mass is 9.73. The highest BCUT2D eigenvalue weighted by atomic mass is 35.5. The van der Waals surface area contributed by atoms with Gasteiger partial charge in [0.05, 0.1) is 16.7 Å². The Kier molecular flexibility index (Phi) is 8.94. The number of para-hydroxylation sites is 2. The number of hydrogen-bond acceptors (Lipinski definition) is 5. The molecule has 3 N–H and O–H groups in total. The Morgan fingerprint density at radius 1 is 1.14 bits per heavy atom. The predicted octanol–water partition coefficient (Wildman–Crippen LogP) is 5.19. The van der Waals surface area contributed by atoms with E-state index in [-0.39, 0.29) is 24.3 Å². The number of likely N-dealkylation sites (tertiary alicyclic amines) is 1. The van der Waals surface area contributed by atoms with Crippen LogP contribution in [0.3, 0.4) is 0 Å². The molecule has 0 bridgehead atoms. The number of hydrogen-bond donors (Lipinski definition) is 3. The van der Waals surface area contributed by atoms with Crippen molar-refractivity contribution in [2.45, 2.75) is 70.0 Å². The van der Waals surface area contributed by atoms with Crippen molar-refractivity contribution >= 4 is 17.5 Å². The summed E-state index contributed by atoms with van der Waals surface area (Å²) < 4.78 is 6.33. The van der Waals surface area contributed by atoms with Crippen LogP contribution in [0.1, 0.15) is 62.5 Å². The molecule has 4 atom stereocenters. The molecule has 1 aliphatic carbocycles. The molecule has 1 heterocycles. The van der Waals surface area contributed by atoms with Gasteiger partial charge >= 0.3 is 0 Å². The topological polar surface area (TPSA) is 90.2 Å². The summed E-state index contributed by atoms with van der Waals surface area (Å²) in [7, 11) is 0. The lowest BCUT2D eigenvalue weighted by Gasteiger charge is -2.44. The molecule has 0 radical (unpaired) electrons. The fourth-order valence-electron chi connectivity index (χ4n) is 5.81. The van der Waals surface area contributed by atoms with Crippen LogP contribution in [0.5, 0.6) is 11.5 Å². The molecule has 2 fully saturated rings. The first-order valence-corrected chi connectivity index (χ1v) is 13.5. The average Bonchev–Trinajstić information content (AvgIpc) is 3.32. The summed E-state index contributed by atoms with van der Waals surface area (Å²) in [4.78, 5) is 15.1. The number of halogens is 1. The third-order valence-corrected chi connectivity index (χ3v) is 8.17. The first kappa shape index (κ1) is 26.9. The monoisotopic (exact) mass is 515 g/mol. The lowest BCUT2D eigenvalue weighted by Crippen LogP contribution is -2.49. The number of amides is 1. The summed E-state index contributed by atoms with van der Waals surface area (Å²) in [6, 6.07) is 13.1. The molecular formula is C29H38ClNO5. The Bertz CT molecular complexity index is 1050. The zero-order valence-electron chi connectivity index (χ0n) is 21.0. The molecule has 1 saturated carbocycles. The van der Waals surface area contributed by atoms with Crippen LogP contribution in [0.4, 0.5) is 0 Å². The first-order chi connectivity index (χ1) is 17.3. The van der Waals surface area contributed by atoms with Crippen LogP contribution in [-0.4, -0.2) is 51.9 Å². The molecule has 4 rings (SSSR count). The second-order valence-electron chi connectivity index (χ2n) is 10.4. The highest BCUT2D eigenvalue weighted by Gasteiger charge is 2.44. The molecule has 1 aliphatic heterocycles. The van der Waals surface area contributed by atoms with Crippen LogP contribution in [0.25, 0.3) is 0 Å². The van der Waals surface area contributed by atoms with E-state index in [0.29, 0.717) is 73.7 Å². The molecule has 0 spiro atoms. The van der Waals surface area contributed by atoms with Crippen molar-refractivity contribution in [3.63, 3.8) is 0 Å². The van der Waals surface area contributed by atoms with E-state index >= 15 is 0 Å². The predicted molar refractivity (Wildman–Crippen MR) is 140 cm³/mol. The number of rotatable bonds is 9. The minimum atomic E-state index is -1.29. The highest BCUT2D eigenvalue weighted by molar-refractivity contribution is 6.32. The van der Waals surface area contributed by atoms with Gasteiger partial charge in [0, 0.05) is 37.1 Å². The molecule has 2 aromatic rings. The van der Waals surface area contributed by atoms with Crippen molar-refractivity contribution in [2.75, 3.05) is 19.7 Å². The third-order valence-electron chi connectivity index (χ3n) is 7.87. The summed E-state index contributed by atoms with van der Waals surface area (Å²) in [5.41, 5.74) is 0.291. The molecule has 0 aromatic heterocycles. The van der Waals surface area contributed by atoms with Gasteiger partial charge in [-0.05, 0) is 76.0 Å². The quantitative estimate of drug-likeness (QED) is 0.400. The van der Waals surface area contributed by atoms with Gasteiger partial charge in [0.15, 0.2) is 5.75 Å². The molecule has 6 nitrogen and oxygen atoms in total. The number of piperidine rings is 1. The van der Waals surface area contributed by atoms with E-state index < -0.39 is 11.7 Å². The van der Waals surface area contributed by atoms with Crippen molar-refractivity contribution in [1.82, 2.24) is 4.90 Å². The summed E-state index contributed by atoms with van der Waals surface area (Å²) in [6.45, 7) is 3.12. The standard InChI is InChI=1S/C29H38ClNO5/c1-20-8-2-3-12-26(20)36-27-24(10-6-11-25(27)30)29(35,15-4-5-17-32)22-9-7-16-31(19-22)28(34)21-13-14-23(33)18-21/h2-3,6,8,10-12,21-23,32-33,35H,4-5,7,9,13-19H2,1H3/t21-,22+,23+,29-/m0/s1. The largest absolute Gasteiger partial charge is 0.455 e. The maximum atomic E-state index is 13.3. The minimum absolute atomic E-state index is 0.0531. The van der Waals surface area contributed by atoms with E-state index in [2.05, 4.69) is 0 Å².